The molecule has 0 bridgehead atoms. The van der Waals surface area contributed by atoms with Crippen LogP contribution in [0.25, 0.3) is 11.1 Å². The average molecular weight is 357 g/mol. The van der Waals surface area contributed by atoms with Gasteiger partial charge in [0.2, 0.25) is 0 Å². The Hall–Kier alpha value is -1.18. The third kappa shape index (κ3) is 2.55. The summed E-state index contributed by atoms with van der Waals surface area (Å²) in [5.74, 6) is 0.753. The van der Waals surface area contributed by atoms with E-state index in [2.05, 4.69) is 55.6 Å². The molecule has 0 aromatic heterocycles. The zero-order chi connectivity index (χ0) is 16.2. The van der Waals surface area contributed by atoms with Gasteiger partial charge in [0.15, 0.2) is 0 Å². The summed E-state index contributed by atoms with van der Waals surface area (Å²) in [4.78, 5) is 0. The van der Waals surface area contributed by atoms with Gasteiger partial charge in [-0.1, -0.05) is 55.6 Å². The summed E-state index contributed by atoms with van der Waals surface area (Å²) in [6, 6.07) is 16.4. The lowest BCUT2D eigenvalue weighted by Crippen LogP contribution is -2.38. The smallest absolute Gasteiger partial charge is 0.150 e. The van der Waals surface area contributed by atoms with Gasteiger partial charge in [-0.05, 0) is 38.6 Å². The Morgan fingerprint density at radius 2 is 1.74 bits per heavy atom. The third-order valence-electron chi connectivity index (χ3n) is 5.29. The van der Waals surface area contributed by atoms with E-state index in [4.69, 9.17) is 0 Å². The van der Waals surface area contributed by atoms with E-state index in [-0.39, 0.29) is 5.54 Å². The molecule has 2 nitrogen and oxygen atoms in total. The molecule has 2 aromatic rings. The van der Waals surface area contributed by atoms with Crippen molar-refractivity contribution in [2.24, 2.45) is 0 Å². The maximum absolute atomic E-state index is 12.1. The van der Waals surface area contributed by atoms with Crippen LogP contribution in [0.1, 0.15) is 11.1 Å². The van der Waals surface area contributed by atoms with Gasteiger partial charge in [-0.2, -0.15) is 0 Å². The first-order valence-corrected chi connectivity index (χ1v) is 14.2. The molecular weight excluding hydrogens is 336 g/mol. The van der Waals surface area contributed by atoms with E-state index in [1.165, 1.54) is 27.1 Å². The first-order valence-electron chi connectivity index (χ1n) is 8.07. The number of hydrogen-bond donors (Lipinski definition) is 0. The van der Waals surface area contributed by atoms with Crippen molar-refractivity contribution in [2.75, 3.05) is 11.5 Å². The number of benzene rings is 2. The molecule has 0 aliphatic carbocycles. The van der Waals surface area contributed by atoms with Crippen LogP contribution in [0.15, 0.2) is 42.5 Å². The number of hydrogen-bond acceptors (Lipinski definition) is 2. The summed E-state index contributed by atoms with van der Waals surface area (Å²) < 4.78 is 24.2. The summed E-state index contributed by atoms with van der Waals surface area (Å²) in [6.07, 6.45) is 0. The number of sulfone groups is 1. The highest BCUT2D eigenvalue weighted by atomic mass is 32.2. The van der Waals surface area contributed by atoms with E-state index in [0.717, 1.165) is 6.04 Å². The fraction of sp³-hybridized carbons (Fsp3) is 0.333. The molecule has 1 saturated heterocycles. The first-order chi connectivity index (χ1) is 11.0. The average Bonchev–Trinajstić information content (AvgIpc) is 2.83. The Morgan fingerprint density at radius 3 is 2.57 bits per heavy atom. The zero-order valence-corrected chi connectivity index (χ0v) is 16.3. The molecule has 2 aliphatic rings. The molecule has 0 N–H and O–H groups in total. The van der Waals surface area contributed by atoms with Crippen molar-refractivity contribution in [3.63, 3.8) is 0 Å². The SMILES string of the molecule is C[Si]1c2ccccc2-c2ccc(C3CS(=O)(=O)CC[Si]3C)cc21. The zero-order valence-electron chi connectivity index (χ0n) is 13.5. The number of fused-ring (bicyclic) bond motifs is 3. The molecule has 2 radical (unpaired) electrons. The van der Waals surface area contributed by atoms with Gasteiger partial charge in [0.25, 0.3) is 0 Å². The quantitative estimate of drug-likeness (QED) is 0.733. The maximum atomic E-state index is 12.1. The second-order valence-electron chi connectivity index (χ2n) is 6.74. The van der Waals surface area contributed by atoms with Crippen molar-refractivity contribution in [2.45, 2.75) is 24.7 Å². The van der Waals surface area contributed by atoms with E-state index in [1.807, 2.05) is 0 Å². The lowest BCUT2D eigenvalue weighted by atomic mass is 10.0. The second-order valence-corrected chi connectivity index (χ2v) is 14.2. The van der Waals surface area contributed by atoms with Gasteiger partial charge in [-0.25, -0.2) is 8.42 Å². The third-order valence-corrected chi connectivity index (χ3v) is 12.9. The highest BCUT2D eigenvalue weighted by molar-refractivity contribution is 7.91. The van der Waals surface area contributed by atoms with Crippen LogP contribution in [0.5, 0.6) is 0 Å². The van der Waals surface area contributed by atoms with E-state index < -0.39 is 27.4 Å². The van der Waals surface area contributed by atoms with Crippen LogP contribution >= 0.6 is 0 Å². The summed E-state index contributed by atoms with van der Waals surface area (Å²) in [6.45, 7) is 4.65. The minimum atomic E-state index is -2.86. The summed E-state index contributed by atoms with van der Waals surface area (Å²) in [5.41, 5.74) is 4.26. The molecule has 5 heteroatoms. The van der Waals surface area contributed by atoms with Gasteiger partial charge >= 0.3 is 0 Å². The Kier molecular flexibility index (Phi) is 3.63. The standard InChI is InChI=1S/C18H20O2SSi2/c1-22-10-9-21(19,20)12-18(22)13-7-8-15-14-5-3-4-6-16(14)23(2)17(15)11-13/h3-8,11,18H,9-10,12H2,1-2H3. The monoisotopic (exact) mass is 356 g/mol. The van der Waals surface area contributed by atoms with Crippen LogP contribution in [-0.4, -0.2) is 37.5 Å². The van der Waals surface area contributed by atoms with Crippen molar-refractivity contribution in [1.82, 2.24) is 0 Å². The van der Waals surface area contributed by atoms with Crippen molar-refractivity contribution in [3.8, 4) is 11.1 Å². The minimum Gasteiger partial charge on any atom is -0.229 e. The topological polar surface area (TPSA) is 34.1 Å². The van der Waals surface area contributed by atoms with Crippen LogP contribution in [0, 0.1) is 0 Å². The lowest BCUT2D eigenvalue weighted by molar-refractivity contribution is 0.593. The van der Waals surface area contributed by atoms with Crippen molar-refractivity contribution in [1.29, 1.82) is 0 Å². The van der Waals surface area contributed by atoms with Crippen molar-refractivity contribution < 1.29 is 8.42 Å². The van der Waals surface area contributed by atoms with E-state index in [1.54, 1.807) is 0 Å². The molecule has 118 valence electrons. The molecule has 2 aliphatic heterocycles. The van der Waals surface area contributed by atoms with Gasteiger partial charge < -0.3 is 0 Å². The van der Waals surface area contributed by atoms with Crippen LogP contribution < -0.4 is 10.4 Å². The Morgan fingerprint density at radius 1 is 1.00 bits per heavy atom. The molecule has 4 rings (SSSR count). The van der Waals surface area contributed by atoms with Crippen molar-refractivity contribution >= 4 is 37.8 Å². The first kappa shape index (κ1) is 15.4. The maximum Gasteiger partial charge on any atom is 0.150 e. The Bertz CT molecular complexity index is 876. The molecule has 0 spiro atoms. The number of rotatable bonds is 1. The molecule has 1 fully saturated rings. The molecule has 23 heavy (non-hydrogen) atoms. The van der Waals surface area contributed by atoms with Crippen LogP contribution in [-0.2, 0) is 9.84 Å². The van der Waals surface area contributed by atoms with Gasteiger partial charge in [-0.15, -0.1) is 0 Å². The summed E-state index contributed by atoms with van der Waals surface area (Å²) in [7, 11) is -4.20. The molecule has 2 heterocycles. The van der Waals surface area contributed by atoms with Gasteiger partial charge in [0.1, 0.15) is 18.6 Å². The van der Waals surface area contributed by atoms with Gasteiger partial charge in [0, 0.05) is 5.75 Å². The van der Waals surface area contributed by atoms with E-state index in [9.17, 15) is 8.42 Å². The second kappa shape index (κ2) is 5.43. The van der Waals surface area contributed by atoms with Crippen LogP contribution in [0.4, 0.5) is 0 Å². The van der Waals surface area contributed by atoms with E-state index in [0.29, 0.717) is 11.5 Å². The largest absolute Gasteiger partial charge is 0.229 e. The van der Waals surface area contributed by atoms with Gasteiger partial charge in [-0.3, -0.25) is 0 Å². The molecule has 0 amide bonds. The Labute approximate surface area is 141 Å². The summed E-state index contributed by atoms with van der Waals surface area (Å²) in [5, 5.41) is 2.95. The predicted molar refractivity (Wildman–Crippen MR) is 101 cm³/mol. The fourth-order valence-corrected chi connectivity index (χ4v) is 12.5. The van der Waals surface area contributed by atoms with Gasteiger partial charge in [0.05, 0.1) is 14.5 Å². The van der Waals surface area contributed by atoms with Crippen LogP contribution in [0.2, 0.25) is 19.1 Å². The van der Waals surface area contributed by atoms with E-state index >= 15 is 0 Å². The normalized spacial score (nSPS) is 23.5. The highest BCUT2D eigenvalue weighted by Crippen LogP contribution is 2.31. The molecule has 1 unspecified atom stereocenters. The van der Waals surface area contributed by atoms with Crippen molar-refractivity contribution in [3.05, 3.63) is 48.0 Å². The summed E-state index contributed by atoms with van der Waals surface area (Å²) >= 11 is 0. The van der Waals surface area contributed by atoms with Crippen LogP contribution in [0.3, 0.4) is 0 Å². The fourth-order valence-electron chi connectivity index (χ4n) is 3.86. The lowest BCUT2D eigenvalue weighted by Gasteiger charge is -2.28. The molecular formula is C18H20O2SSi2. The molecule has 2 aromatic carbocycles. The molecule has 1 atom stereocenters. The molecule has 0 saturated carbocycles. The Balaban J connectivity index is 1.77. The predicted octanol–water partition coefficient (Wildman–Crippen LogP) is 2.08. The minimum absolute atomic E-state index is 0.252. The highest BCUT2D eigenvalue weighted by Gasteiger charge is 2.34.